The maximum Gasteiger partial charge on any atom is 0.258 e. The maximum absolute atomic E-state index is 12.6. The van der Waals surface area contributed by atoms with E-state index in [9.17, 15) is 4.79 Å². The molecular formula is C20H27NO2. The molecule has 3 nitrogen and oxygen atoms in total. The second kappa shape index (κ2) is 8.99. The van der Waals surface area contributed by atoms with E-state index in [-0.39, 0.29) is 12.0 Å². The van der Waals surface area contributed by atoms with E-state index < -0.39 is 0 Å². The smallest absolute Gasteiger partial charge is 0.258 e. The molecule has 124 valence electrons. The molecule has 2 aromatic rings. The number of hydrogen-bond acceptors (Lipinski definition) is 2. The number of anilines is 1. The highest BCUT2D eigenvalue weighted by atomic mass is 16.5. The Balaban J connectivity index is 0.00000127. The number of carbonyl (C=O) groups excluding carboxylic acids is 1. The van der Waals surface area contributed by atoms with Crippen LogP contribution in [0.4, 0.5) is 5.69 Å². The van der Waals surface area contributed by atoms with E-state index in [0.29, 0.717) is 0 Å². The Morgan fingerprint density at radius 3 is 2.30 bits per heavy atom. The molecule has 0 aliphatic heterocycles. The zero-order chi connectivity index (χ0) is 17.4. The molecule has 0 radical (unpaired) electrons. The number of aryl methyl sites for hydroxylation is 1. The molecule has 0 saturated carbocycles. The van der Waals surface area contributed by atoms with Crippen molar-refractivity contribution in [2.75, 3.05) is 11.9 Å². The van der Waals surface area contributed by atoms with Gasteiger partial charge in [-0.15, -0.1) is 0 Å². The summed E-state index contributed by atoms with van der Waals surface area (Å²) in [6.45, 7) is 9.91. The van der Waals surface area contributed by atoms with Crippen molar-refractivity contribution in [3.8, 4) is 5.75 Å². The molecule has 0 N–H and O–H groups in total. The largest absolute Gasteiger partial charge is 0.491 e. The molecule has 3 heteroatoms. The molecule has 1 amide bonds. The summed E-state index contributed by atoms with van der Waals surface area (Å²) in [5, 5.41) is 0. The molecular weight excluding hydrogens is 286 g/mol. The van der Waals surface area contributed by atoms with Crippen LogP contribution in [-0.4, -0.2) is 19.1 Å². The molecule has 2 rings (SSSR count). The Kier molecular flexibility index (Phi) is 7.33. The van der Waals surface area contributed by atoms with Crippen LogP contribution < -0.4 is 9.64 Å². The van der Waals surface area contributed by atoms with Crippen molar-refractivity contribution in [1.82, 2.24) is 0 Å². The highest BCUT2D eigenvalue weighted by Gasteiger charge is 2.15. The molecule has 0 aliphatic rings. The molecule has 0 unspecified atom stereocenters. The minimum Gasteiger partial charge on any atom is -0.491 e. The van der Waals surface area contributed by atoms with Crippen LogP contribution in [0, 0.1) is 6.92 Å². The summed E-state index contributed by atoms with van der Waals surface area (Å²) in [5.74, 6) is 0.752. The SMILES string of the molecule is CC.Cc1ccccc1C(=O)N(C)c1cccc(OC(C)C)c1. The minimum absolute atomic E-state index is 0.0187. The molecule has 0 heterocycles. The maximum atomic E-state index is 12.6. The molecule has 0 spiro atoms. The van der Waals surface area contributed by atoms with Gasteiger partial charge in [0.25, 0.3) is 5.91 Å². The standard InChI is InChI=1S/C18H21NO2.C2H6/c1-13(2)21-16-10-7-9-15(12-16)19(4)18(20)17-11-6-5-8-14(17)3;1-2/h5-13H,1-4H3;1-2H3. The summed E-state index contributed by atoms with van der Waals surface area (Å²) >= 11 is 0. The van der Waals surface area contributed by atoms with Crippen LogP contribution in [0.3, 0.4) is 0 Å². The second-order valence-electron chi connectivity index (χ2n) is 5.34. The van der Waals surface area contributed by atoms with Crippen molar-refractivity contribution < 1.29 is 9.53 Å². The summed E-state index contributed by atoms with van der Waals surface area (Å²) < 4.78 is 5.68. The van der Waals surface area contributed by atoms with Gasteiger partial charge in [-0.2, -0.15) is 0 Å². The quantitative estimate of drug-likeness (QED) is 0.787. The highest BCUT2D eigenvalue weighted by Crippen LogP contribution is 2.23. The van der Waals surface area contributed by atoms with Crippen LogP contribution >= 0.6 is 0 Å². The Hall–Kier alpha value is -2.29. The summed E-state index contributed by atoms with van der Waals surface area (Å²) in [6, 6.07) is 15.2. The van der Waals surface area contributed by atoms with Crippen molar-refractivity contribution in [3.63, 3.8) is 0 Å². The van der Waals surface area contributed by atoms with Crippen molar-refractivity contribution in [3.05, 3.63) is 59.7 Å². The van der Waals surface area contributed by atoms with E-state index in [2.05, 4.69) is 0 Å². The molecule has 23 heavy (non-hydrogen) atoms. The van der Waals surface area contributed by atoms with Gasteiger partial charge in [0, 0.05) is 24.4 Å². The fourth-order valence-corrected chi connectivity index (χ4v) is 2.15. The molecule has 0 bridgehead atoms. The molecule has 0 aromatic heterocycles. The first-order valence-electron chi connectivity index (χ1n) is 8.09. The van der Waals surface area contributed by atoms with Gasteiger partial charge in [0.1, 0.15) is 5.75 Å². The predicted molar refractivity (Wildman–Crippen MR) is 97.5 cm³/mol. The topological polar surface area (TPSA) is 29.5 Å². The van der Waals surface area contributed by atoms with Crippen molar-refractivity contribution in [2.24, 2.45) is 0 Å². The Bertz CT molecular complexity index is 635. The fourth-order valence-electron chi connectivity index (χ4n) is 2.15. The van der Waals surface area contributed by atoms with E-state index in [1.54, 1.807) is 11.9 Å². The van der Waals surface area contributed by atoms with Gasteiger partial charge in [0.2, 0.25) is 0 Å². The van der Waals surface area contributed by atoms with Gasteiger partial charge in [-0.3, -0.25) is 4.79 Å². The van der Waals surface area contributed by atoms with Gasteiger partial charge < -0.3 is 9.64 Å². The summed E-state index contributed by atoms with van der Waals surface area (Å²) in [4.78, 5) is 14.2. The first kappa shape index (κ1) is 18.8. The Labute approximate surface area is 139 Å². The van der Waals surface area contributed by atoms with Crippen LogP contribution in [-0.2, 0) is 0 Å². The van der Waals surface area contributed by atoms with Crippen LogP contribution in [0.1, 0.15) is 43.6 Å². The number of hydrogen-bond donors (Lipinski definition) is 0. The minimum atomic E-state index is -0.0187. The number of carbonyl (C=O) groups is 1. The second-order valence-corrected chi connectivity index (χ2v) is 5.34. The molecule has 0 fully saturated rings. The zero-order valence-corrected chi connectivity index (χ0v) is 15.0. The third kappa shape index (κ3) is 5.13. The predicted octanol–water partition coefficient (Wildman–Crippen LogP) is 5.09. The summed E-state index contributed by atoms with van der Waals surface area (Å²) in [5.41, 5.74) is 2.51. The van der Waals surface area contributed by atoms with Crippen LogP contribution in [0.5, 0.6) is 5.75 Å². The van der Waals surface area contributed by atoms with Crippen LogP contribution in [0.15, 0.2) is 48.5 Å². The van der Waals surface area contributed by atoms with Crippen LogP contribution in [0.25, 0.3) is 0 Å². The van der Waals surface area contributed by atoms with Gasteiger partial charge >= 0.3 is 0 Å². The number of nitrogens with zero attached hydrogens (tertiary/aromatic N) is 1. The van der Waals surface area contributed by atoms with Gasteiger partial charge in [0.05, 0.1) is 6.10 Å². The number of amides is 1. The van der Waals surface area contributed by atoms with Crippen molar-refractivity contribution in [2.45, 2.75) is 40.7 Å². The zero-order valence-electron chi connectivity index (χ0n) is 15.0. The van der Waals surface area contributed by atoms with Gasteiger partial charge in [-0.1, -0.05) is 38.1 Å². The lowest BCUT2D eigenvalue weighted by Gasteiger charge is -2.20. The van der Waals surface area contributed by atoms with E-state index in [1.165, 1.54) is 0 Å². The number of ether oxygens (including phenoxy) is 1. The lowest BCUT2D eigenvalue weighted by atomic mass is 10.1. The number of benzene rings is 2. The lowest BCUT2D eigenvalue weighted by molar-refractivity contribution is 0.0992. The molecule has 0 atom stereocenters. The van der Waals surface area contributed by atoms with E-state index in [4.69, 9.17) is 4.74 Å². The van der Waals surface area contributed by atoms with Crippen molar-refractivity contribution >= 4 is 11.6 Å². The first-order chi connectivity index (χ1) is 11.0. The molecule has 0 saturated heterocycles. The van der Waals surface area contributed by atoms with Gasteiger partial charge in [-0.25, -0.2) is 0 Å². The van der Waals surface area contributed by atoms with Gasteiger partial charge in [-0.05, 0) is 44.5 Å². The Morgan fingerprint density at radius 2 is 1.70 bits per heavy atom. The lowest BCUT2D eigenvalue weighted by Crippen LogP contribution is -2.26. The Morgan fingerprint density at radius 1 is 1.04 bits per heavy atom. The van der Waals surface area contributed by atoms with Gasteiger partial charge in [0.15, 0.2) is 0 Å². The highest BCUT2D eigenvalue weighted by molar-refractivity contribution is 6.06. The van der Waals surface area contributed by atoms with Crippen molar-refractivity contribution in [1.29, 1.82) is 0 Å². The normalized spacial score (nSPS) is 9.87. The molecule has 0 aliphatic carbocycles. The average Bonchev–Trinajstić information content (AvgIpc) is 2.55. The summed E-state index contributed by atoms with van der Waals surface area (Å²) in [6.07, 6.45) is 0.109. The number of rotatable bonds is 4. The fraction of sp³-hybridized carbons (Fsp3) is 0.350. The monoisotopic (exact) mass is 313 g/mol. The van der Waals surface area contributed by atoms with Crippen LogP contribution in [0.2, 0.25) is 0 Å². The first-order valence-corrected chi connectivity index (χ1v) is 8.09. The third-order valence-electron chi connectivity index (χ3n) is 3.26. The van der Waals surface area contributed by atoms with E-state index >= 15 is 0 Å². The average molecular weight is 313 g/mol. The molecule has 2 aromatic carbocycles. The van der Waals surface area contributed by atoms with E-state index in [0.717, 1.165) is 22.6 Å². The third-order valence-corrected chi connectivity index (χ3v) is 3.26. The van der Waals surface area contributed by atoms with E-state index in [1.807, 2.05) is 83.1 Å². The summed E-state index contributed by atoms with van der Waals surface area (Å²) in [7, 11) is 1.78.